The first kappa shape index (κ1) is 46.4. The number of carboxylic acids is 1. The van der Waals surface area contributed by atoms with E-state index >= 15 is 0 Å². The standard InChI is InChI=1S/C31H61NO16/c33-5-7-38-9-11-40-13-15-42-17-19-44-21-23-46-25-27-48-29-28-47-26-24-45-22-20-43-18-16-41-14-12-39-10-8-37-6-1-4-32-30(34)2-3-31(35)36/h33H,1-29H2,(H,32,34)(H,35,36). The maximum absolute atomic E-state index is 11.4. The first-order valence-electron chi connectivity index (χ1n) is 16.7. The topological polar surface area (TPSA) is 197 Å². The zero-order valence-electron chi connectivity index (χ0n) is 28.6. The van der Waals surface area contributed by atoms with Crippen LogP contribution in [0, 0.1) is 0 Å². The van der Waals surface area contributed by atoms with Gasteiger partial charge in [-0.05, 0) is 6.42 Å². The Bertz CT molecular complexity index is 664. The van der Waals surface area contributed by atoms with Crippen LogP contribution in [0.15, 0.2) is 0 Å². The molecular formula is C31H61NO16. The number of aliphatic hydroxyl groups is 1. The highest BCUT2D eigenvalue weighted by Gasteiger charge is 2.04. The van der Waals surface area contributed by atoms with E-state index in [1.54, 1.807) is 0 Å². The largest absolute Gasteiger partial charge is 0.481 e. The number of aliphatic hydroxyl groups excluding tert-OH is 1. The summed E-state index contributed by atoms with van der Waals surface area (Å²) < 4.78 is 64.8. The van der Waals surface area contributed by atoms with Crippen molar-refractivity contribution >= 4 is 11.9 Å². The molecule has 0 aromatic rings. The average Bonchev–Trinajstić information content (AvgIpc) is 3.08. The first-order valence-corrected chi connectivity index (χ1v) is 16.7. The lowest BCUT2D eigenvalue weighted by atomic mass is 10.3. The van der Waals surface area contributed by atoms with Gasteiger partial charge in [-0.3, -0.25) is 9.59 Å². The Labute approximate surface area is 285 Å². The van der Waals surface area contributed by atoms with Crippen LogP contribution >= 0.6 is 0 Å². The predicted molar refractivity (Wildman–Crippen MR) is 171 cm³/mol. The Morgan fingerprint density at radius 2 is 0.625 bits per heavy atom. The first-order chi connectivity index (χ1) is 23.7. The molecule has 17 heteroatoms. The number of hydrogen-bond acceptors (Lipinski definition) is 15. The van der Waals surface area contributed by atoms with Crippen molar-refractivity contribution in [3.8, 4) is 0 Å². The summed E-state index contributed by atoms with van der Waals surface area (Å²) >= 11 is 0. The predicted octanol–water partition coefficient (Wildman–Crippen LogP) is -0.451. The average molecular weight is 704 g/mol. The van der Waals surface area contributed by atoms with Crippen LogP contribution in [0.5, 0.6) is 0 Å². The number of nitrogens with one attached hydrogen (secondary N) is 1. The Kier molecular flexibility index (Phi) is 40.2. The fraction of sp³-hybridized carbons (Fsp3) is 0.935. The van der Waals surface area contributed by atoms with Crippen molar-refractivity contribution in [2.24, 2.45) is 0 Å². The van der Waals surface area contributed by atoms with E-state index in [0.29, 0.717) is 172 Å². The lowest BCUT2D eigenvalue weighted by molar-refractivity contribution is -0.138. The molecule has 3 N–H and O–H groups in total. The fourth-order valence-corrected chi connectivity index (χ4v) is 3.30. The molecule has 0 heterocycles. The van der Waals surface area contributed by atoms with Crippen molar-refractivity contribution < 1.29 is 76.6 Å². The molecule has 0 aliphatic rings. The highest BCUT2D eigenvalue weighted by molar-refractivity contribution is 5.80. The lowest BCUT2D eigenvalue weighted by Gasteiger charge is -2.09. The van der Waals surface area contributed by atoms with E-state index in [4.69, 9.17) is 67.1 Å². The van der Waals surface area contributed by atoms with Crippen molar-refractivity contribution in [1.29, 1.82) is 0 Å². The quantitative estimate of drug-likeness (QED) is 0.0691. The van der Waals surface area contributed by atoms with Gasteiger partial charge in [-0.2, -0.15) is 0 Å². The van der Waals surface area contributed by atoms with Crippen LogP contribution in [0.1, 0.15) is 19.3 Å². The molecule has 17 nitrogen and oxygen atoms in total. The van der Waals surface area contributed by atoms with Gasteiger partial charge >= 0.3 is 5.97 Å². The molecule has 0 saturated carbocycles. The molecule has 0 bridgehead atoms. The minimum absolute atomic E-state index is 0.0122. The molecule has 0 saturated heterocycles. The van der Waals surface area contributed by atoms with E-state index in [1.165, 1.54) is 0 Å². The van der Waals surface area contributed by atoms with Gasteiger partial charge in [0, 0.05) is 19.6 Å². The van der Waals surface area contributed by atoms with E-state index in [9.17, 15) is 9.59 Å². The highest BCUT2D eigenvalue weighted by Crippen LogP contribution is 1.90. The fourth-order valence-electron chi connectivity index (χ4n) is 3.30. The third-order valence-corrected chi connectivity index (χ3v) is 5.68. The molecule has 0 aromatic carbocycles. The van der Waals surface area contributed by atoms with Gasteiger partial charge < -0.3 is 72.4 Å². The third-order valence-electron chi connectivity index (χ3n) is 5.68. The minimum Gasteiger partial charge on any atom is -0.481 e. The van der Waals surface area contributed by atoms with Crippen LogP contribution in [-0.2, 0) is 66.4 Å². The zero-order chi connectivity index (χ0) is 34.9. The van der Waals surface area contributed by atoms with Gasteiger partial charge in [0.25, 0.3) is 0 Å². The molecule has 286 valence electrons. The summed E-state index contributed by atoms with van der Waals surface area (Å²) in [5.41, 5.74) is 0. The molecule has 0 radical (unpaired) electrons. The molecule has 0 fully saturated rings. The Morgan fingerprint density at radius 3 is 0.875 bits per heavy atom. The SMILES string of the molecule is O=C(O)CCC(=O)NCCCOCCOCCOCCOCCOCCOCCOCCOCCOCCOCCOCCOCCO. The van der Waals surface area contributed by atoms with Crippen LogP contribution in [0.2, 0.25) is 0 Å². The molecular weight excluding hydrogens is 642 g/mol. The van der Waals surface area contributed by atoms with Crippen molar-refractivity contribution in [1.82, 2.24) is 5.32 Å². The summed E-state index contributed by atoms with van der Waals surface area (Å²) in [7, 11) is 0. The monoisotopic (exact) mass is 703 g/mol. The van der Waals surface area contributed by atoms with Crippen LogP contribution in [-0.4, -0.2) is 194 Å². The Hall–Kier alpha value is -1.58. The van der Waals surface area contributed by atoms with E-state index < -0.39 is 5.97 Å². The third kappa shape index (κ3) is 42.4. The molecule has 48 heavy (non-hydrogen) atoms. The summed E-state index contributed by atoms with van der Waals surface area (Å²) in [5, 5.41) is 19.7. The highest BCUT2D eigenvalue weighted by atomic mass is 16.6. The number of carbonyl (C=O) groups excluding carboxylic acids is 1. The summed E-state index contributed by atoms with van der Waals surface area (Å²) in [5.74, 6) is -1.25. The van der Waals surface area contributed by atoms with E-state index in [0.717, 1.165) is 0 Å². The Morgan fingerprint density at radius 1 is 0.375 bits per heavy atom. The van der Waals surface area contributed by atoms with Gasteiger partial charge in [-0.15, -0.1) is 0 Å². The molecule has 0 aliphatic heterocycles. The summed E-state index contributed by atoms with van der Waals surface area (Å²) in [6.45, 7) is 11.8. The van der Waals surface area contributed by atoms with Crippen LogP contribution in [0.25, 0.3) is 0 Å². The van der Waals surface area contributed by atoms with E-state index in [1.807, 2.05) is 0 Å². The molecule has 0 atom stereocenters. The van der Waals surface area contributed by atoms with Crippen LogP contribution < -0.4 is 5.32 Å². The Balaban J connectivity index is 3.08. The molecule has 0 aromatic heterocycles. The molecule has 0 rings (SSSR count). The smallest absolute Gasteiger partial charge is 0.303 e. The normalized spacial score (nSPS) is 11.4. The number of aliphatic carboxylic acids is 1. The number of carbonyl (C=O) groups is 2. The maximum atomic E-state index is 11.4. The van der Waals surface area contributed by atoms with Gasteiger partial charge in [-0.1, -0.05) is 0 Å². The second kappa shape index (κ2) is 41.6. The van der Waals surface area contributed by atoms with E-state index in [2.05, 4.69) is 5.32 Å². The number of amides is 1. The summed E-state index contributed by atoms with van der Waals surface area (Å²) in [4.78, 5) is 21.8. The minimum atomic E-state index is -0.985. The van der Waals surface area contributed by atoms with Gasteiger partial charge in [0.1, 0.15) is 0 Å². The van der Waals surface area contributed by atoms with Crippen molar-refractivity contribution in [3.05, 3.63) is 0 Å². The second-order valence-corrected chi connectivity index (χ2v) is 9.67. The molecule has 0 aliphatic carbocycles. The van der Waals surface area contributed by atoms with Gasteiger partial charge in [0.15, 0.2) is 0 Å². The van der Waals surface area contributed by atoms with Crippen LogP contribution in [0.4, 0.5) is 0 Å². The maximum Gasteiger partial charge on any atom is 0.303 e. The van der Waals surface area contributed by atoms with Gasteiger partial charge in [0.05, 0.1) is 165 Å². The van der Waals surface area contributed by atoms with E-state index in [-0.39, 0.29) is 25.4 Å². The number of ether oxygens (including phenoxy) is 12. The second-order valence-electron chi connectivity index (χ2n) is 9.67. The van der Waals surface area contributed by atoms with Crippen molar-refractivity contribution in [2.45, 2.75) is 19.3 Å². The number of hydrogen-bond donors (Lipinski definition) is 3. The molecule has 0 spiro atoms. The number of rotatable bonds is 42. The van der Waals surface area contributed by atoms with Crippen molar-refractivity contribution in [2.75, 3.05) is 172 Å². The zero-order valence-corrected chi connectivity index (χ0v) is 28.6. The van der Waals surface area contributed by atoms with Crippen LogP contribution in [0.3, 0.4) is 0 Å². The van der Waals surface area contributed by atoms with Gasteiger partial charge in [0.2, 0.25) is 5.91 Å². The molecule has 1 amide bonds. The van der Waals surface area contributed by atoms with Gasteiger partial charge in [-0.25, -0.2) is 0 Å². The summed E-state index contributed by atoms with van der Waals surface area (Å²) in [6, 6.07) is 0. The number of carboxylic acid groups (broad SMARTS) is 1. The summed E-state index contributed by atoms with van der Waals surface area (Å²) in [6.07, 6.45) is 0.471. The van der Waals surface area contributed by atoms with Crippen molar-refractivity contribution in [3.63, 3.8) is 0 Å². The lowest BCUT2D eigenvalue weighted by Crippen LogP contribution is -2.25. The molecule has 0 unspecified atom stereocenters.